The Bertz CT molecular complexity index is 1520. The molecule has 6 rings (SSSR count). The highest BCUT2D eigenvalue weighted by atomic mass is 19.3. The zero-order valence-corrected chi connectivity index (χ0v) is 20.1. The summed E-state index contributed by atoms with van der Waals surface area (Å²) in [6.45, 7) is 5.14. The van der Waals surface area contributed by atoms with Crippen LogP contribution in [0.15, 0.2) is 35.4 Å². The summed E-state index contributed by atoms with van der Waals surface area (Å²) < 4.78 is 48.4. The van der Waals surface area contributed by atoms with Crippen molar-refractivity contribution in [1.82, 2.24) is 34.5 Å². The number of rotatable bonds is 6. The standard InChI is InChI=1S/C24H28F2N8O2/c1-24(13-36-14-24)32-8-5-16(6-9-32)27-23-28-22(35-2)21-17(7-10-33(21)30-23)15-3-4-18-19(11-15)34(31-29-18)12-20(25)26/h3-4,7,10-11,16,20H,5-6,8-9,12-14H2,1-2H3,(H,27,30)/i10D. The molecule has 0 atom stereocenters. The Morgan fingerprint density at radius 2 is 2.11 bits per heavy atom. The molecule has 0 spiro atoms. The first-order valence-electron chi connectivity index (χ1n) is 12.5. The van der Waals surface area contributed by atoms with Crippen LogP contribution < -0.4 is 10.4 Å². The highest BCUT2D eigenvalue weighted by Crippen LogP contribution is 2.32. The van der Waals surface area contributed by atoms with E-state index in [4.69, 9.17) is 15.8 Å². The minimum absolute atomic E-state index is 0.112. The molecule has 4 aromatic rings. The topological polar surface area (TPSA) is 97.9 Å². The summed E-state index contributed by atoms with van der Waals surface area (Å²) in [7, 11) is 1.53. The monoisotopic (exact) mass is 499 g/mol. The number of piperidine rings is 1. The van der Waals surface area contributed by atoms with E-state index in [1.54, 1.807) is 22.7 Å². The number of methoxy groups -OCH3 is 1. The highest BCUT2D eigenvalue weighted by molar-refractivity contribution is 5.89. The van der Waals surface area contributed by atoms with Crippen molar-refractivity contribution in [1.29, 1.82) is 0 Å². The zero-order chi connectivity index (χ0) is 25.7. The van der Waals surface area contributed by atoms with Gasteiger partial charge in [0.1, 0.15) is 17.6 Å². The number of benzene rings is 1. The predicted octanol–water partition coefficient (Wildman–Crippen LogP) is 2.50. The molecule has 3 aromatic heterocycles. The Morgan fingerprint density at radius 1 is 1.31 bits per heavy atom. The molecule has 2 aliphatic heterocycles. The summed E-state index contributed by atoms with van der Waals surface area (Å²) in [4.78, 5) is 11.9. The number of hydrogen-bond acceptors (Lipinski definition) is 7. The second-order valence-electron chi connectivity index (χ2n) is 9.63. The second-order valence-corrected chi connectivity index (χ2v) is 9.63. The average molecular weight is 500 g/mol. The van der Waals surface area contributed by atoms with Gasteiger partial charge in [0.25, 0.3) is 6.43 Å². The van der Waals surface area contributed by atoms with E-state index in [1.807, 2.05) is 6.07 Å². The van der Waals surface area contributed by atoms with Crippen molar-refractivity contribution >= 4 is 16.6 Å². The molecule has 0 saturated carbocycles. The molecule has 0 amide bonds. The summed E-state index contributed by atoms with van der Waals surface area (Å²) >= 11 is 0. The molecule has 2 aliphatic rings. The molecular formula is C24H28F2N8O2. The number of alkyl halides is 2. The third-order valence-electron chi connectivity index (χ3n) is 7.13. The van der Waals surface area contributed by atoms with Crippen molar-refractivity contribution in [2.75, 3.05) is 33.4 Å². The second kappa shape index (κ2) is 8.93. The molecule has 0 aliphatic carbocycles. The third-order valence-corrected chi connectivity index (χ3v) is 7.13. The molecular weight excluding hydrogens is 470 g/mol. The van der Waals surface area contributed by atoms with Crippen LogP contribution >= 0.6 is 0 Å². The molecule has 0 radical (unpaired) electrons. The van der Waals surface area contributed by atoms with Crippen LogP contribution in [0.5, 0.6) is 5.88 Å². The van der Waals surface area contributed by atoms with Crippen LogP contribution in [0.25, 0.3) is 27.7 Å². The van der Waals surface area contributed by atoms with Gasteiger partial charge in [0.2, 0.25) is 11.5 Å². The number of nitrogens with one attached hydrogen (secondary N) is 1. The number of hydrogen-bond donors (Lipinski definition) is 1. The Balaban J connectivity index is 1.35. The summed E-state index contributed by atoms with van der Waals surface area (Å²) in [6.07, 6.45) is -0.533. The Hall–Kier alpha value is -3.38. The fourth-order valence-electron chi connectivity index (χ4n) is 5.06. The lowest BCUT2D eigenvalue weighted by atomic mass is 9.93. The number of fused-ring (bicyclic) bond motifs is 2. The maximum atomic E-state index is 13.0. The molecule has 2 fully saturated rings. The van der Waals surface area contributed by atoms with Gasteiger partial charge in [0.15, 0.2) is 0 Å². The van der Waals surface area contributed by atoms with Crippen molar-refractivity contribution < 1.29 is 19.6 Å². The van der Waals surface area contributed by atoms with Crippen molar-refractivity contribution in [2.24, 2.45) is 4.99 Å². The van der Waals surface area contributed by atoms with E-state index in [0.717, 1.165) is 39.1 Å². The van der Waals surface area contributed by atoms with Crippen LogP contribution in [0.3, 0.4) is 0 Å². The lowest BCUT2D eigenvalue weighted by Gasteiger charge is -2.49. The molecule has 5 heterocycles. The van der Waals surface area contributed by atoms with E-state index in [2.05, 4.69) is 32.2 Å². The molecule has 36 heavy (non-hydrogen) atoms. The van der Waals surface area contributed by atoms with E-state index in [1.165, 1.54) is 11.8 Å². The SMILES string of the molecule is [2H]c1cc(-c2ccc3nnn(CC(F)F)c3c2)c2c(OC)nc(=NC3CCN(C4(C)COC4)CC3)[nH]n12. The molecule has 0 bridgehead atoms. The van der Waals surface area contributed by atoms with Crippen LogP contribution in [0, 0.1) is 0 Å². The largest absolute Gasteiger partial charge is 0.479 e. The normalized spacial score (nSPS) is 19.8. The van der Waals surface area contributed by atoms with Gasteiger partial charge in [0, 0.05) is 24.8 Å². The number of halogens is 2. The first-order valence-corrected chi connectivity index (χ1v) is 12.0. The summed E-state index contributed by atoms with van der Waals surface area (Å²) in [5.41, 5.74) is 3.47. The van der Waals surface area contributed by atoms with E-state index < -0.39 is 13.0 Å². The quantitative estimate of drug-likeness (QED) is 0.438. The van der Waals surface area contributed by atoms with Crippen LogP contribution in [0.4, 0.5) is 8.78 Å². The fourth-order valence-corrected chi connectivity index (χ4v) is 5.06. The smallest absolute Gasteiger partial charge is 0.258 e. The Kier molecular flexibility index (Phi) is 5.42. The van der Waals surface area contributed by atoms with E-state index in [-0.39, 0.29) is 17.8 Å². The summed E-state index contributed by atoms with van der Waals surface area (Å²) in [5, 5.41) is 11.0. The average Bonchev–Trinajstić information content (AvgIpc) is 3.42. The van der Waals surface area contributed by atoms with Gasteiger partial charge in [-0.25, -0.2) is 18.5 Å². The van der Waals surface area contributed by atoms with Crippen LogP contribution in [-0.2, 0) is 11.3 Å². The van der Waals surface area contributed by atoms with Gasteiger partial charge in [-0.05, 0) is 43.5 Å². The van der Waals surface area contributed by atoms with Gasteiger partial charge >= 0.3 is 0 Å². The highest BCUT2D eigenvalue weighted by Gasteiger charge is 2.40. The predicted molar refractivity (Wildman–Crippen MR) is 128 cm³/mol. The van der Waals surface area contributed by atoms with Gasteiger partial charge in [-0.3, -0.25) is 14.5 Å². The lowest BCUT2D eigenvalue weighted by Crippen LogP contribution is -2.62. The van der Waals surface area contributed by atoms with Crippen molar-refractivity contribution in [3.8, 4) is 17.0 Å². The van der Waals surface area contributed by atoms with Gasteiger partial charge in [-0.15, -0.1) is 5.10 Å². The Morgan fingerprint density at radius 3 is 2.81 bits per heavy atom. The van der Waals surface area contributed by atoms with Gasteiger partial charge in [-0.2, -0.15) is 4.98 Å². The van der Waals surface area contributed by atoms with Gasteiger partial charge < -0.3 is 9.47 Å². The van der Waals surface area contributed by atoms with Crippen molar-refractivity contribution in [2.45, 2.75) is 44.3 Å². The minimum Gasteiger partial charge on any atom is -0.479 e. The maximum Gasteiger partial charge on any atom is 0.258 e. The number of likely N-dealkylation sites (tertiary alicyclic amines) is 1. The molecule has 2 saturated heterocycles. The molecule has 1 aromatic carbocycles. The van der Waals surface area contributed by atoms with Crippen LogP contribution in [-0.4, -0.2) is 85.9 Å². The van der Waals surface area contributed by atoms with Crippen molar-refractivity contribution in [3.05, 3.63) is 36.1 Å². The van der Waals surface area contributed by atoms with E-state index in [0.29, 0.717) is 39.2 Å². The number of aromatic amines is 1. The summed E-state index contributed by atoms with van der Waals surface area (Å²) in [6, 6.07) is 7.08. The van der Waals surface area contributed by atoms with E-state index >= 15 is 0 Å². The maximum absolute atomic E-state index is 13.0. The van der Waals surface area contributed by atoms with Gasteiger partial charge in [-0.1, -0.05) is 11.3 Å². The minimum atomic E-state index is -2.55. The number of nitrogens with zero attached hydrogens (tertiary/aromatic N) is 7. The van der Waals surface area contributed by atoms with Crippen LogP contribution in [0.2, 0.25) is 0 Å². The first-order chi connectivity index (χ1) is 17.8. The fraction of sp³-hybridized carbons (Fsp3) is 0.500. The summed E-state index contributed by atoms with van der Waals surface area (Å²) in [5.74, 6) is 0.321. The van der Waals surface area contributed by atoms with E-state index in [9.17, 15) is 8.78 Å². The zero-order valence-electron chi connectivity index (χ0n) is 21.1. The Labute approximate surface area is 206 Å². The third kappa shape index (κ3) is 4.03. The number of aromatic nitrogens is 6. The number of H-pyrrole nitrogens is 1. The molecule has 10 nitrogen and oxygen atoms in total. The lowest BCUT2D eigenvalue weighted by molar-refractivity contribution is -0.135. The molecule has 1 N–H and O–H groups in total. The van der Waals surface area contributed by atoms with Crippen molar-refractivity contribution in [3.63, 3.8) is 0 Å². The first kappa shape index (κ1) is 21.9. The molecule has 12 heteroatoms. The van der Waals surface area contributed by atoms with Crippen LogP contribution in [0.1, 0.15) is 21.1 Å². The molecule has 190 valence electrons. The number of ether oxygens (including phenoxy) is 2. The van der Waals surface area contributed by atoms with Gasteiger partial charge in [0.05, 0.1) is 38.8 Å². The molecule has 0 unspecified atom stereocenters.